The van der Waals surface area contributed by atoms with Gasteiger partial charge in [0.05, 0.1) is 5.41 Å². The van der Waals surface area contributed by atoms with E-state index < -0.39 is 11.4 Å². The van der Waals surface area contributed by atoms with Crippen molar-refractivity contribution in [1.29, 1.82) is 0 Å². The van der Waals surface area contributed by atoms with Gasteiger partial charge in [-0.05, 0) is 31.5 Å². The number of hydrogen-bond donors (Lipinski definition) is 2. The first-order valence-electron chi connectivity index (χ1n) is 6.36. The summed E-state index contributed by atoms with van der Waals surface area (Å²) in [5.74, 6) is -1.13. The number of amides is 1. The summed E-state index contributed by atoms with van der Waals surface area (Å²) in [4.78, 5) is 26.7. The highest BCUT2D eigenvalue weighted by molar-refractivity contribution is 5.90. The lowest BCUT2D eigenvalue weighted by Gasteiger charge is -2.19. The lowest BCUT2D eigenvalue weighted by molar-refractivity contribution is -0.142. The number of rotatable bonds is 5. The number of nitrogens with one attached hydrogen (secondary N) is 1. The van der Waals surface area contributed by atoms with Gasteiger partial charge in [-0.25, -0.2) is 9.67 Å². The van der Waals surface area contributed by atoms with Gasteiger partial charge in [0.2, 0.25) is 5.91 Å². The Hall–Kier alpha value is -2.70. The second kappa shape index (κ2) is 5.74. The number of aliphatic carboxylic acids is 1. The van der Waals surface area contributed by atoms with Gasteiger partial charge in [-0.3, -0.25) is 9.59 Å². The molecule has 0 atom stereocenters. The zero-order valence-electron chi connectivity index (χ0n) is 11.8. The van der Waals surface area contributed by atoms with Crippen molar-refractivity contribution >= 4 is 17.6 Å². The first kappa shape index (κ1) is 14.7. The number of anilines is 1. The van der Waals surface area contributed by atoms with Crippen LogP contribution < -0.4 is 5.32 Å². The maximum Gasteiger partial charge on any atom is 0.313 e. The van der Waals surface area contributed by atoms with Gasteiger partial charge in [-0.1, -0.05) is 12.1 Å². The van der Waals surface area contributed by atoms with Gasteiger partial charge in [-0.2, -0.15) is 5.10 Å². The highest BCUT2D eigenvalue weighted by Crippen LogP contribution is 2.24. The van der Waals surface area contributed by atoms with Crippen LogP contribution in [0.4, 0.5) is 5.69 Å². The van der Waals surface area contributed by atoms with Gasteiger partial charge in [0.15, 0.2) is 0 Å². The molecule has 0 radical (unpaired) electrons. The van der Waals surface area contributed by atoms with Crippen molar-refractivity contribution in [3.63, 3.8) is 0 Å². The molecule has 0 spiro atoms. The van der Waals surface area contributed by atoms with Crippen LogP contribution in [0.1, 0.15) is 19.4 Å². The maximum absolute atomic E-state index is 11.8. The molecule has 0 bridgehead atoms. The standard InChI is InChI=1S/C14H16N4O3/c1-14(2,13(20)21)10-3-5-11(6-4-10)17-12(19)7-18-9-15-8-16-18/h3-6,8-9H,7H2,1-2H3,(H,17,19)(H,20,21). The Morgan fingerprint density at radius 3 is 2.48 bits per heavy atom. The lowest BCUT2D eigenvalue weighted by Crippen LogP contribution is -2.28. The fraction of sp³-hybridized carbons (Fsp3) is 0.286. The van der Waals surface area contributed by atoms with Crippen LogP contribution in [0.2, 0.25) is 0 Å². The molecule has 1 amide bonds. The molecular weight excluding hydrogens is 272 g/mol. The molecule has 2 rings (SSSR count). The number of nitrogens with zero attached hydrogens (tertiary/aromatic N) is 3. The smallest absolute Gasteiger partial charge is 0.313 e. The van der Waals surface area contributed by atoms with E-state index in [1.54, 1.807) is 38.1 Å². The third-order valence-electron chi connectivity index (χ3n) is 3.20. The molecule has 0 fully saturated rings. The van der Waals surface area contributed by atoms with Crippen LogP contribution in [0.25, 0.3) is 0 Å². The lowest BCUT2D eigenvalue weighted by atomic mass is 9.85. The van der Waals surface area contributed by atoms with Crippen LogP contribution in [0.5, 0.6) is 0 Å². The van der Waals surface area contributed by atoms with Gasteiger partial charge in [0.1, 0.15) is 19.2 Å². The first-order chi connectivity index (χ1) is 9.89. The van der Waals surface area contributed by atoms with E-state index in [2.05, 4.69) is 15.4 Å². The molecule has 0 saturated heterocycles. The van der Waals surface area contributed by atoms with Crippen molar-refractivity contribution in [3.8, 4) is 0 Å². The van der Waals surface area contributed by atoms with E-state index in [0.29, 0.717) is 11.3 Å². The third-order valence-corrected chi connectivity index (χ3v) is 3.20. The van der Waals surface area contributed by atoms with Crippen molar-refractivity contribution in [2.45, 2.75) is 25.8 Å². The molecule has 1 aromatic heterocycles. The van der Waals surface area contributed by atoms with Gasteiger partial charge in [0.25, 0.3) is 0 Å². The summed E-state index contributed by atoms with van der Waals surface area (Å²) in [7, 11) is 0. The summed E-state index contributed by atoms with van der Waals surface area (Å²) in [5, 5.41) is 15.7. The predicted molar refractivity (Wildman–Crippen MR) is 75.8 cm³/mol. The van der Waals surface area contributed by atoms with Crippen LogP contribution in [-0.4, -0.2) is 31.7 Å². The van der Waals surface area contributed by atoms with Crippen molar-refractivity contribution in [1.82, 2.24) is 14.8 Å². The van der Waals surface area contributed by atoms with E-state index >= 15 is 0 Å². The Kier molecular flexibility index (Phi) is 4.02. The fourth-order valence-electron chi connectivity index (χ4n) is 1.76. The normalized spacial score (nSPS) is 11.1. The average molecular weight is 288 g/mol. The largest absolute Gasteiger partial charge is 0.481 e. The zero-order valence-corrected chi connectivity index (χ0v) is 11.8. The number of carboxylic acid groups (broad SMARTS) is 1. The number of hydrogen-bond acceptors (Lipinski definition) is 4. The highest BCUT2D eigenvalue weighted by atomic mass is 16.4. The van der Waals surface area contributed by atoms with E-state index in [9.17, 15) is 9.59 Å². The molecule has 0 aliphatic rings. The Bertz CT molecular complexity index is 633. The van der Waals surface area contributed by atoms with E-state index in [1.807, 2.05) is 0 Å². The molecule has 0 aliphatic carbocycles. The minimum Gasteiger partial charge on any atom is -0.481 e. The molecule has 2 N–H and O–H groups in total. The minimum atomic E-state index is -0.969. The molecule has 0 unspecified atom stereocenters. The van der Waals surface area contributed by atoms with Crippen molar-refractivity contribution in [2.24, 2.45) is 0 Å². The van der Waals surface area contributed by atoms with Gasteiger partial charge >= 0.3 is 5.97 Å². The average Bonchev–Trinajstić information content (AvgIpc) is 2.91. The van der Waals surface area contributed by atoms with Crippen LogP contribution in [0.3, 0.4) is 0 Å². The van der Waals surface area contributed by atoms with Crippen LogP contribution in [-0.2, 0) is 21.5 Å². The van der Waals surface area contributed by atoms with Gasteiger partial charge < -0.3 is 10.4 Å². The molecule has 7 nitrogen and oxygen atoms in total. The second-order valence-corrected chi connectivity index (χ2v) is 5.15. The topological polar surface area (TPSA) is 97.1 Å². The van der Waals surface area contributed by atoms with Gasteiger partial charge in [0, 0.05) is 5.69 Å². The summed E-state index contributed by atoms with van der Waals surface area (Å²) in [5.41, 5.74) is 0.304. The number of carbonyl (C=O) groups excluding carboxylic acids is 1. The minimum absolute atomic E-state index is 0.0718. The van der Waals surface area contributed by atoms with Crippen LogP contribution >= 0.6 is 0 Å². The Morgan fingerprint density at radius 1 is 1.29 bits per heavy atom. The quantitative estimate of drug-likeness (QED) is 0.863. The summed E-state index contributed by atoms with van der Waals surface area (Å²) in [6, 6.07) is 6.75. The Balaban J connectivity index is 2.02. The molecule has 2 aromatic rings. The highest BCUT2D eigenvalue weighted by Gasteiger charge is 2.29. The fourth-order valence-corrected chi connectivity index (χ4v) is 1.76. The third kappa shape index (κ3) is 3.44. The van der Waals surface area contributed by atoms with E-state index in [0.717, 1.165) is 0 Å². The summed E-state index contributed by atoms with van der Waals surface area (Å²) < 4.78 is 1.41. The molecule has 1 aromatic carbocycles. The van der Waals surface area contributed by atoms with E-state index in [4.69, 9.17) is 5.11 Å². The number of carboxylic acids is 1. The number of carbonyl (C=O) groups is 2. The Morgan fingerprint density at radius 2 is 1.95 bits per heavy atom. The van der Waals surface area contributed by atoms with Crippen molar-refractivity contribution < 1.29 is 14.7 Å². The predicted octanol–water partition coefficient (Wildman–Crippen LogP) is 1.28. The molecule has 110 valence electrons. The first-order valence-corrected chi connectivity index (χ1v) is 6.36. The zero-order chi connectivity index (χ0) is 15.5. The summed E-state index contributed by atoms with van der Waals surface area (Å²) in [6.45, 7) is 3.34. The van der Waals surface area contributed by atoms with E-state index in [-0.39, 0.29) is 12.5 Å². The molecule has 1 heterocycles. The second-order valence-electron chi connectivity index (χ2n) is 5.15. The number of aromatic nitrogens is 3. The Labute approximate surface area is 121 Å². The number of benzene rings is 1. The summed E-state index contributed by atoms with van der Waals surface area (Å²) >= 11 is 0. The molecule has 0 aliphatic heterocycles. The molecule has 21 heavy (non-hydrogen) atoms. The molecular formula is C14H16N4O3. The SMILES string of the molecule is CC(C)(C(=O)O)c1ccc(NC(=O)Cn2cncn2)cc1. The van der Waals surface area contributed by atoms with Crippen molar-refractivity contribution in [3.05, 3.63) is 42.5 Å². The molecule has 7 heteroatoms. The van der Waals surface area contributed by atoms with Crippen LogP contribution in [0.15, 0.2) is 36.9 Å². The molecule has 0 saturated carbocycles. The van der Waals surface area contributed by atoms with Crippen LogP contribution in [0, 0.1) is 0 Å². The summed E-state index contributed by atoms with van der Waals surface area (Å²) in [6.07, 6.45) is 2.81. The maximum atomic E-state index is 11.8. The van der Waals surface area contributed by atoms with Gasteiger partial charge in [-0.15, -0.1) is 0 Å². The van der Waals surface area contributed by atoms with Crippen molar-refractivity contribution in [2.75, 3.05) is 5.32 Å². The van der Waals surface area contributed by atoms with E-state index in [1.165, 1.54) is 17.3 Å². The monoisotopic (exact) mass is 288 g/mol.